The number of hydrogen-bond donors (Lipinski definition) is 0. The molecule has 1 atom stereocenters. The molecule has 1 saturated heterocycles. The number of nitrogens with zero attached hydrogens (tertiary/aromatic N) is 1. The summed E-state index contributed by atoms with van der Waals surface area (Å²) in [7, 11) is 1.55. The number of carbonyl (C=O) groups is 2. The molecule has 72 valence electrons. The molecule has 1 aliphatic heterocycles. The van der Waals surface area contributed by atoms with Gasteiger partial charge in [-0.15, -0.1) is 0 Å². The zero-order chi connectivity index (χ0) is 10.1. The van der Waals surface area contributed by atoms with Crippen LogP contribution in [-0.4, -0.2) is 24.0 Å². The number of esters is 1. The van der Waals surface area contributed by atoms with E-state index in [0.717, 1.165) is 5.56 Å². The predicted octanol–water partition coefficient (Wildman–Crippen LogP) is 1.34. The van der Waals surface area contributed by atoms with Crippen molar-refractivity contribution in [1.29, 1.82) is 0 Å². The number of carbonyl (C=O) groups excluding carboxylic acids is 2. The van der Waals surface area contributed by atoms with Gasteiger partial charge in [0.15, 0.2) is 6.04 Å². The summed E-state index contributed by atoms with van der Waals surface area (Å²) in [6.07, 6.45) is -0.594. The molecule has 4 nitrogen and oxygen atoms in total. The Labute approximate surface area is 81.1 Å². The first-order valence-electron chi connectivity index (χ1n) is 4.23. The topological polar surface area (TPSA) is 46.6 Å². The highest BCUT2D eigenvalue weighted by Gasteiger charge is 2.39. The van der Waals surface area contributed by atoms with Gasteiger partial charge in [0.2, 0.25) is 0 Å². The second-order valence-electron chi connectivity index (χ2n) is 3.11. The Kier molecular flexibility index (Phi) is 1.96. The summed E-state index contributed by atoms with van der Waals surface area (Å²) in [4.78, 5) is 23.7. The summed E-state index contributed by atoms with van der Waals surface area (Å²) in [6, 6.07) is 8.48. The van der Waals surface area contributed by atoms with Crippen molar-refractivity contribution >= 4 is 12.1 Å². The Balaban J connectivity index is 2.36. The third kappa shape index (κ3) is 1.25. The third-order valence-corrected chi connectivity index (χ3v) is 2.20. The molecular formula is C10H9NO3. The Morgan fingerprint density at radius 3 is 2.36 bits per heavy atom. The Morgan fingerprint density at radius 2 is 1.86 bits per heavy atom. The lowest BCUT2D eigenvalue weighted by Crippen LogP contribution is -2.23. The van der Waals surface area contributed by atoms with Gasteiger partial charge in [0.25, 0.3) is 0 Å². The molecule has 1 aromatic carbocycles. The minimum Gasteiger partial charge on any atom is -0.374 e. The van der Waals surface area contributed by atoms with E-state index in [4.69, 9.17) is 0 Å². The molecule has 0 bridgehead atoms. The summed E-state index contributed by atoms with van der Waals surface area (Å²) in [5.41, 5.74) is 0.769. The number of benzene rings is 1. The smallest absolute Gasteiger partial charge is 0.374 e. The van der Waals surface area contributed by atoms with Gasteiger partial charge in [-0.05, 0) is 5.56 Å². The van der Waals surface area contributed by atoms with Crippen LogP contribution in [0.5, 0.6) is 0 Å². The van der Waals surface area contributed by atoms with Crippen LogP contribution in [0.3, 0.4) is 0 Å². The molecule has 4 heteroatoms. The van der Waals surface area contributed by atoms with Gasteiger partial charge in [-0.3, -0.25) is 4.90 Å². The molecule has 0 radical (unpaired) electrons. The number of cyclic esters (lactones) is 2. The quantitative estimate of drug-likeness (QED) is 0.497. The van der Waals surface area contributed by atoms with Gasteiger partial charge >= 0.3 is 12.1 Å². The molecule has 1 fully saturated rings. The number of hydrogen-bond acceptors (Lipinski definition) is 3. The number of rotatable bonds is 1. The Bertz CT molecular complexity index is 374. The Morgan fingerprint density at radius 1 is 1.21 bits per heavy atom. The maximum atomic E-state index is 11.3. The fourth-order valence-electron chi connectivity index (χ4n) is 1.47. The number of likely N-dealkylation sites (N-methyl/N-ethyl adjacent to an activating group) is 1. The summed E-state index contributed by atoms with van der Waals surface area (Å²) in [6.45, 7) is 0. The zero-order valence-corrected chi connectivity index (χ0v) is 7.64. The van der Waals surface area contributed by atoms with Crippen LogP contribution in [0.2, 0.25) is 0 Å². The van der Waals surface area contributed by atoms with Crippen LogP contribution >= 0.6 is 0 Å². The van der Waals surface area contributed by atoms with E-state index in [1.54, 1.807) is 19.2 Å². The molecule has 1 aromatic rings. The average molecular weight is 191 g/mol. The predicted molar refractivity (Wildman–Crippen MR) is 48.4 cm³/mol. The molecule has 0 aliphatic carbocycles. The maximum absolute atomic E-state index is 11.3. The fraction of sp³-hybridized carbons (Fsp3) is 0.200. The van der Waals surface area contributed by atoms with E-state index in [9.17, 15) is 9.59 Å². The summed E-state index contributed by atoms with van der Waals surface area (Å²) in [5.74, 6) is -0.510. The van der Waals surface area contributed by atoms with Crippen LogP contribution in [0, 0.1) is 0 Å². The van der Waals surface area contributed by atoms with Gasteiger partial charge in [-0.25, -0.2) is 9.59 Å². The van der Waals surface area contributed by atoms with Gasteiger partial charge in [-0.2, -0.15) is 0 Å². The Hall–Kier alpha value is -1.84. The monoisotopic (exact) mass is 191 g/mol. The molecular weight excluding hydrogens is 182 g/mol. The normalized spacial score (nSPS) is 21.2. The molecule has 14 heavy (non-hydrogen) atoms. The molecule has 0 spiro atoms. The molecule has 1 aliphatic rings. The molecule has 1 unspecified atom stereocenters. The molecule has 2 rings (SSSR count). The average Bonchev–Trinajstić information content (AvgIpc) is 2.43. The lowest BCUT2D eigenvalue weighted by molar-refractivity contribution is -0.135. The fourth-order valence-corrected chi connectivity index (χ4v) is 1.47. The lowest BCUT2D eigenvalue weighted by atomic mass is 10.1. The minimum atomic E-state index is -0.594. The van der Waals surface area contributed by atoms with Gasteiger partial charge in [0.1, 0.15) is 0 Å². The first-order valence-corrected chi connectivity index (χ1v) is 4.23. The first kappa shape index (κ1) is 8.74. The first-order chi connectivity index (χ1) is 6.70. The lowest BCUT2D eigenvalue weighted by Gasteiger charge is -2.13. The van der Waals surface area contributed by atoms with E-state index in [1.807, 2.05) is 18.2 Å². The SMILES string of the molecule is CN1C(=O)OC(=O)C1c1ccccc1. The van der Waals surface area contributed by atoms with E-state index < -0.39 is 18.1 Å². The molecule has 0 N–H and O–H groups in total. The number of ether oxygens (including phenoxy) is 1. The van der Waals surface area contributed by atoms with Gasteiger partial charge in [0, 0.05) is 7.05 Å². The van der Waals surface area contributed by atoms with Crippen molar-refractivity contribution in [2.75, 3.05) is 7.05 Å². The van der Waals surface area contributed by atoms with Crippen molar-refractivity contribution in [2.45, 2.75) is 6.04 Å². The van der Waals surface area contributed by atoms with Crippen LogP contribution < -0.4 is 0 Å². The van der Waals surface area contributed by atoms with Gasteiger partial charge in [-0.1, -0.05) is 30.3 Å². The van der Waals surface area contributed by atoms with E-state index in [1.165, 1.54) is 4.90 Å². The highest BCUT2D eigenvalue weighted by Crippen LogP contribution is 2.26. The van der Waals surface area contributed by atoms with Gasteiger partial charge in [0.05, 0.1) is 0 Å². The van der Waals surface area contributed by atoms with E-state index >= 15 is 0 Å². The highest BCUT2D eigenvalue weighted by atomic mass is 16.6. The zero-order valence-electron chi connectivity index (χ0n) is 7.64. The summed E-state index contributed by atoms with van der Waals surface area (Å²) in [5, 5.41) is 0. The van der Waals surface area contributed by atoms with Crippen molar-refractivity contribution in [2.24, 2.45) is 0 Å². The van der Waals surface area contributed by atoms with Crippen molar-refractivity contribution in [1.82, 2.24) is 4.90 Å². The van der Waals surface area contributed by atoms with Crippen LogP contribution in [0.1, 0.15) is 11.6 Å². The molecule has 1 heterocycles. The van der Waals surface area contributed by atoms with Crippen LogP contribution in [0.4, 0.5) is 4.79 Å². The number of amides is 1. The molecule has 0 saturated carbocycles. The van der Waals surface area contributed by atoms with Crippen LogP contribution in [0.15, 0.2) is 30.3 Å². The van der Waals surface area contributed by atoms with Crippen LogP contribution in [0.25, 0.3) is 0 Å². The molecule has 1 amide bonds. The highest BCUT2D eigenvalue weighted by molar-refractivity contribution is 5.95. The van der Waals surface area contributed by atoms with E-state index in [2.05, 4.69) is 4.74 Å². The summed E-state index contributed by atoms with van der Waals surface area (Å²) >= 11 is 0. The third-order valence-electron chi connectivity index (χ3n) is 2.20. The largest absolute Gasteiger partial charge is 0.418 e. The maximum Gasteiger partial charge on any atom is 0.418 e. The molecule has 0 aromatic heterocycles. The minimum absolute atomic E-state index is 0.510. The van der Waals surface area contributed by atoms with Gasteiger partial charge < -0.3 is 4.74 Å². The second kappa shape index (κ2) is 3.14. The van der Waals surface area contributed by atoms with E-state index in [-0.39, 0.29) is 0 Å². The van der Waals surface area contributed by atoms with Crippen molar-refractivity contribution in [3.05, 3.63) is 35.9 Å². The second-order valence-corrected chi connectivity index (χ2v) is 3.11. The van der Waals surface area contributed by atoms with Crippen LogP contribution in [-0.2, 0) is 9.53 Å². The van der Waals surface area contributed by atoms with Crippen molar-refractivity contribution < 1.29 is 14.3 Å². The van der Waals surface area contributed by atoms with Crippen molar-refractivity contribution in [3.63, 3.8) is 0 Å². The van der Waals surface area contributed by atoms with Crippen molar-refractivity contribution in [3.8, 4) is 0 Å². The summed E-state index contributed by atoms with van der Waals surface area (Å²) < 4.78 is 4.49. The standard InChI is InChI=1S/C10H9NO3/c1-11-8(9(12)14-10(11)13)7-5-3-2-4-6-7/h2-6,8H,1H3. The van der Waals surface area contributed by atoms with E-state index in [0.29, 0.717) is 0 Å².